The fourth-order valence-electron chi connectivity index (χ4n) is 3.53. The molecule has 4 aromatic rings. The first-order valence-corrected chi connectivity index (χ1v) is 11.1. The highest BCUT2D eigenvalue weighted by atomic mass is 16.3. The van der Waals surface area contributed by atoms with E-state index in [1.165, 1.54) is 16.0 Å². The van der Waals surface area contributed by atoms with Gasteiger partial charge in [-0.1, -0.05) is 0 Å². The van der Waals surface area contributed by atoms with E-state index in [1.807, 2.05) is 27.7 Å². The third-order valence-electron chi connectivity index (χ3n) is 5.00. The molecule has 0 aliphatic carbocycles. The van der Waals surface area contributed by atoms with Gasteiger partial charge in [-0.25, -0.2) is 0 Å². The van der Waals surface area contributed by atoms with E-state index in [1.54, 1.807) is 48.8 Å². The van der Waals surface area contributed by atoms with Crippen LogP contribution in [0.4, 0.5) is 0 Å². The number of nitrogens with one attached hydrogen (secondary N) is 1. The lowest BCUT2D eigenvalue weighted by Gasteiger charge is -2.33. The Hall–Kier alpha value is -4.28. The highest BCUT2D eigenvalue weighted by molar-refractivity contribution is 5.89. The van der Waals surface area contributed by atoms with Crippen LogP contribution in [0.2, 0.25) is 0 Å². The highest BCUT2D eigenvalue weighted by Crippen LogP contribution is 2.25. The van der Waals surface area contributed by atoms with E-state index < -0.39 is 17.5 Å². The molecule has 1 atom stereocenters. The number of tetrazole rings is 1. The van der Waals surface area contributed by atoms with Crippen molar-refractivity contribution in [3.05, 3.63) is 72.1 Å². The first-order chi connectivity index (χ1) is 16.7. The summed E-state index contributed by atoms with van der Waals surface area (Å²) in [5.41, 5.74) is 0.102. The van der Waals surface area contributed by atoms with Crippen molar-refractivity contribution in [2.45, 2.75) is 52.4 Å². The smallest absolute Gasteiger partial charge is 0.247 e. The second-order valence-corrected chi connectivity index (χ2v) is 9.08. The number of hydrogen-bond acceptors (Lipinski definition) is 8. The fraction of sp³-hybridized carbons (Fsp3) is 0.333. The number of carbonyl (C=O) groups excluding carboxylic acids is 2. The van der Waals surface area contributed by atoms with Gasteiger partial charge in [0.15, 0.2) is 5.76 Å². The molecule has 0 aliphatic heterocycles. The molecule has 4 aromatic heterocycles. The lowest BCUT2D eigenvalue weighted by molar-refractivity contribution is -0.143. The molecule has 0 spiro atoms. The molecule has 0 radical (unpaired) electrons. The van der Waals surface area contributed by atoms with Crippen LogP contribution in [0.5, 0.6) is 0 Å². The van der Waals surface area contributed by atoms with Crippen LogP contribution in [0.3, 0.4) is 0 Å². The summed E-state index contributed by atoms with van der Waals surface area (Å²) in [6.07, 6.45) is 4.68. The standard InChI is InChI=1S/C24H27N7O4/c1-16-7-8-19(35-16)22-27-29-31(28-22)15-20(32)30(14-18-6-5-13-34-18)21(17-9-11-25-12-10-17)23(33)26-24(2,3)4/h5-13,21H,14-15H2,1-4H3,(H,26,33)/t21-/m1/s1. The summed E-state index contributed by atoms with van der Waals surface area (Å²) in [6.45, 7) is 7.28. The molecule has 35 heavy (non-hydrogen) atoms. The van der Waals surface area contributed by atoms with Crippen LogP contribution in [-0.4, -0.2) is 47.4 Å². The van der Waals surface area contributed by atoms with Crippen molar-refractivity contribution in [2.75, 3.05) is 0 Å². The van der Waals surface area contributed by atoms with Gasteiger partial charge in [0.2, 0.25) is 17.6 Å². The topological polar surface area (TPSA) is 132 Å². The van der Waals surface area contributed by atoms with Crippen LogP contribution in [0.15, 0.2) is 63.9 Å². The van der Waals surface area contributed by atoms with E-state index in [2.05, 4.69) is 25.7 Å². The van der Waals surface area contributed by atoms with Crippen LogP contribution in [0, 0.1) is 6.92 Å². The first-order valence-electron chi connectivity index (χ1n) is 11.1. The van der Waals surface area contributed by atoms with E-state index in [4.69, 9.17) is 8.83 Å². The summed E-state index contributed by atoms with van der Waals surface area (Å²) in [5.74, 6) is 1.22. The molecule has 0 fully saturated rings. The lowest BCUT2D eigenvalue weighted by Crippen LogP contribution is -2.49. The second kappa shape index (κ2) is 9.92. The van der Waals surface area contributed by atoms with Gasteiger partial charge in [0.05, 0.1) is 12.8 Å². The van der Waals surface area contributed by atoms with Gasteiger partial charge in [-0.15, -0.1) is 10.2 Å². The summed E-state index contributed by atoms with van der Waals surface area (Å²) < 4.78 is 11.0. The molecule has 4 heterocycles. The van der Waals surface area contributed by atoms with Crippen molar-refractivity contribution < 1.29 is 18.4 Å². The van der Waals surface area contributed by atoms with Crippen LogP contribution in [0.1, 0.15) is 43.9 Å². The molecule has 0 aliphatic rings. The largest absolute Gasteiger partial charge is 0.467 e. The minimum Gasteiger partial charge on any atom is -0.467 e. The zero-order valence-corrected chi connectivity index (χ0v) is 20.0. The van der Waals surface area contributed by atoms with Crippen molar-refractivity contribution in [1.82, 2.24) is 35.4 Å². The van der Waals surface area contributed by atoms with E-state index in [-0.39, 0.29) is 24.8 Å². The maximum atomic E-state index is 13.6. The first kappa shape index (κ1) is 23.9. The van der Waals surface area contributed by atoms with Gasteiger partial charge in [0.25, 0.3) is 0 Å². The summed E-state index contributed by atoms with van der Waals surface area (Å²) in [5, 5.41) is 15.2. The Kier molecular flexibility index (Phi) is 6.76. The number of rotatable bonds is 8. The molecule has 11 heteroatoms. The van der Waals surface area contributed by atoms with Crippen molar-refractivity contribution in [3.8, 4) is 11.6 Å². The number of aryl methyl sites for hydroxylation is 1. The lowest BCUT2D eigenvalue weighted by atomic mass is 10.0. The zero-order chi connectivity index (χ0) is 25.0. The normalized spacial score (nSPS) is 12.3. The van der Waals surface area contributed by atoms with Gasteiger partial charge < -0.3 is 19.1 Å². The van der Waals surface area contributed by atoms with E-state index >= 15 is 0 Å². The zero-order valence-electron chi connectivity index (χ0n) is 20.0. The van der Waals surface area contributed by atoms with Gasteiger partial charge in [0, 0.05) is 17.9 Å². The number of amides is 2. The molecule has 11 nitrogen and oxygen atoms in total. The van der Waals surface area contributed by atoms with Gasteiger partial charge in [-0.3, -0.25) is 14.6 Å². The highest BCUT2D eigenvalue weighted by Gasteiger charge is 2.34. The summed E-state index contributed by atoms with van der Waals surface area (Å²) >= 11 is 0. The predicted octanol–water partition coefficient (Wildman–Crippen LogP) is 2.91. The Morgan fingerprint density at radius 3 is 2.54 bits per heavy atom. The van der Waals surface area contributed by atoms with Crippen molar-refractivity contribution in [3.63, 3.8) is 0 Å². The SMILES string of the molecule is Cc1ccc(-c2nnn(CC(=O)N(Cc3ccco3)[C@@H](C(=O)NC(C)(C)C)c3ccncc3)n2)o1. The maximum absolute atomic E-state index is 13.6. The van der Waals surface area contributed by atoms with Crippen LogP contribution >= 0.6 is 0 Å². The van der Waals surface area contributed by atoms with Gasteiger partial charge in [-0.05, 0) is 74.9 Å². The van der Waals surface area contributed by atoms with E-state index in [0.29, 0.717) is 22.8 Å². The minimum atomic E-state index is -0.939. The maximum Gasteiger partial charge on any atom is 0.247 e. The van der Waals surface area contributed by atoms with E-state index in [0.717, 1.165) is 0 Å². The summed E-state index contributed by atoms with van der Waals surface area (Å²) in [6, 6.07) is 9.48. The van der Waals surface area contributed by atoms with Gasteiger partial charge in [0.1, 0.15) is 24.1 Å². The summed E-state index contributed by atoms with van der Waals surface area (Å²) in [4.78, 5) is 33.7. The monoisotopic (exact) mass is 477 g/mol. The average molecular weight is 478 g/mol. The van der Waals surface area contributed by atoms with Crippen LogP contribution in [0.25, 0.3) is 11.6 Å². The number of pyridine rings is 1. The molecule has 2 amide bonds. The molecule has 0 aromatic carbocycles. The molecule has 1 N–H and O–H groups in total. The third-order valence-corrected chi connectivity index (χ3v) is 5.00. The number of carbonyl (C=O) groups is 2. The fourth-order valence-corrected chi connectivity index (χ4v) is 3.53. The molecule has 182 valence electrons. The van der Waals surface area contributed by atoms with Gasteiger partial charge >= 0.3 is 0 Å². The predicted molar refractivity (Wildman–Crippen MR) is 124 cm³/mol. The molecule has 0 saturated heterocycles. The number of hydrogen-bond donors (Lipinski definition) is 1. The number of aromatic nitrogens is 5. The van der Waals surface area contributed by atoms with E-state index in [9.17, 15) is 9.59 Å². The molecular formula is C24H27N7O4. The molecule has 0 saturated carbocycles. The van der Waals surface area contributed by atoms with Gasteiger partial charge in [-0.2, -0.15) is 4.80 Å². The Labute approximate surface area is 202 Å². The average Bonchev–Trinajstić information content (AvgIpc) is 3.55. The molecule has 4 rings (SSSR count). The minimum absolute atomic E-state index is 0.0648. The van der Waals surface area contributed by atoms with Crippen LogP contribution < -0.4 is 5.32 Å². The summed E-state index contributed by atoms with van der Waals surface area (Å²) in [7, 11) is 0. The Balaban J connectivity index is 1.65. The van der Waals surface area contributed by atoms with Crippen molar-refractivity contribution in [1.29, 1.82) is 0 Å². The Morgan fingerprint density at radius 1 is 1.14 bits per heavy atom. The molecular weight excluding hydrogens is 450 g/mol. The second-order valence-electron chi connectivity index (χ2n) is 9.08. The van der Waals surface area contributed by atoms with Crippen LogP contribution in [-0.2, 0) is 22.7 Å². The Morgan fingerprint density at radius 2 is 1.91 bits per heavy atom. The van der Waals surface area contributed by atoms with Crippen molar-refractivity contribution >= 4 is 11.8 Å². The quantitative estimate of drug-likeness (QED) is 0.410. The number of nitrogens with zero attached hydrogens (tertiary/aromatic N) is 6. The van der Waals surface area contributed by atoms with Crippen molar-refractivity contribution in [2.24, 2.45) is 0 Å². The Bertz CT molecular complexity index is 1270. The number of furan rings is 2. The molecule has 0 bridgehead atoms. The third kappa shape index (κ3) is 5.99. The molecule has 0 unspecified atom stereocenters.